The maximum Gasteiger partial charge on any atom is 0.253 e. The first-order chi connectivity index (χ1) is 10.1. The number of aryl methyl sites for hydroxylation is 1. The molecule has 1 aliphatic heterocycles. The van der Waals surface area contributed by atoms with Gasteiger partial charge in [-0.2, -0.15) is 0 Å². The second-order valence-corrected chi connectivity index (χ2v) is 5.84. The third-order valence-corrected chi connectivity index (χ3v) is 3.86. The maximum atomic E-state index is 12.6. The number of benzene rings is 1. The quantitative estimate of drug-likeness (QED) is 0.849. The standard InChI is InChI=1S/C18H23NO2/c1-14-6-8-19(9-7-14)18(21)17-12-15(2)11-16(13-17)5-3-4-10-20/h11-14,20H,4,6-10H2,1-2H3. The first-order valence-corrected chi connectivity index (χ1v) is 7.61. The minimum absolute atomic E-state index is 0.0660. The van der Waals surface area contributed by atoms with E-state index in [0.717, 1.165) is 42.6 Å². The summed E-state index contributed by atoms with van der Waals surface area (Å²) >= 11 is 0. The first kappa shape index (κ1) is 15.6. The molecule has 0 spiro atoms. The minimum atomic E-state index is 0.0660. The summed E-state index contributed by atoms with van der Waals surface area (Å²) in [5.74, 6) is 6.74. The largest absolute Gasteiger partial charge is 0.395 e. The molecule has 1 heterocycles. The van der Waals surface area contributed by atoms with Crippen LogP contribution in [0.3, 0.4) is 0 Å². The predicted octanol–water partition coefficient (Wildman–Crippen LogP) is 2.60. The molecule has 21 heavy (non-hydrogen) atoms. The van der Waals surface area contributed by atoms with E-state index >= 15 is 0 Å². The van der Waals surface area contributed by atoms with Crippen LogP contribution in [-0.2, 0) is 0 Å². The molecule has 1 aliphatic rings. The topological polar surface area (TPSA) is 40.5 Å². The monoisotopic (exact) mass is 285 g/mol. The molecule has 0 unspecified atom stereocenters. The molecule has 1 fully saturated rings. The third-order valence-electron chi connectivity index (χ3n) is 3.86. The van der Waals surface area contributed by atoms with E-state index in [0.29, 0.717) is 12.3 Å². The number of aliphatic hydroxyl groups is 1. The fourth-order valence-electron chi connectivity index (χ4n) is 2.59. The summed E-state index contributed by atoms with van der Waals surface area (Å²) in [6.45, 7) is 5.98. The van der Waals surface area contributed by atoms with Crippen LogP contribution in [0.1, 0.15) is 47.7 Å². The summed E-state index contributed by atoms with van der Waals surface area (Å²) in [7, 11) is 0. The molecule has 3 nitrogen and oxygen atoms in total. The zero-order valence-electron chi connectivity index (χ0n) is 12.9. The molecule has 1 aromatic rings. The summed E-state index contributed by atoms with van der Waals surface area (Å²) in [5.41, 5.74) is 2.61. The van der Waals surface area contributed by atoms with Crippen molar-refractivity contribution in [3.63, 3.8) is 0 Å². The van der Waals surface area contributed by atoms with Crippen molar-refractivity contribution in [1.29, 1.82) is 0 Å². The van der Waals surface area contributed by atoms with Gasteiger partial charge in [-0.1, -0.05) is 18.8 Å². The van der Waals surface area contributed by atoms with E-state index < -0.39 is 0 Å². The summed E-state index contributed by atoms with van der Waals surface area (Å²) in [6, 6.07) is 5.76. The molecule has 0 aliphatic carbocycles. The lowest BCUT2D eigenvalue weighted by molar-refractivity contribution is 0.0697. The number of piperidine rings is 1. The molecule has 3 heteroatoms. The van der Waals surface area contributed by atoms with Gasteiger partial charge < -0.3 is 10.0 Å². The highest BCUT2D eigenvalue weighted by molar-refractivity contribution is 5.94. The number of aliphatic hydroxyl groups excluding tert-OH is 1. The maximum absolute atomic E-state index is 12.6. The number of carbonyl (C=O) groups excluding carboxylic acids is 1. The molecule has 1 amide bonds. The molecule has 112 valence electrons. The molecular weight excluding hydrogens is 262 g/mol. The highest BCUT2D eigenvalue weighted by Crippen LogP contribution is 2.19. The second kappa shape index (κ2) is 7.28. The summed E-state index contributed by atoms with van der Waals surface area (Å²) < 4.78 is 0. The highest BCUT2D eigenvalue weighted by atomic mass is 16.2. The lowest BCUT2D eigenvalue weighted by Gasteiger charge is -2.30. The molecule has 1 aromatic carbocycles. The van der Waals surface area contributed by atoms with Gasteiger partial charge in [0, 0.05) is 30.6 Å². The van der Waals surface area contributed by atoms with Gasteiger partial charge in [0.25, 0.3) is 5.91 Å². The van der Waals surface area contributed by atoms with Crippen LogP contribution >= 0.6 is 0 Å². The van der Waals surface area contributed by atoms with Crippen LogP contribution < -0.4 is 0 Å². The van der Waals surface area contributed by atoms with Gasteiger partial charge in [0.1, 0.15) is 0 Å². The Labute approximate surface area is 127 Å². The number of amides is 1. The molecule has 0 aromatic heterocycles. The Morgan fingerprint density at radius 3 is 2.71 bits per heavy atom. The van der Waals surface area contributed by atoms with Crippen molar-refractivity contribution in [3.8, 4) is 11.8 Å². The highest BCUT2D eigenvalue weighted by Gasteiger charge is 2.21. The van der Waals surface area contributed by atoms with Crippen molar-refractivity contribution in [2.75, 3.05) is 19.7 Å². The Kier molecular flexibility index (Phi) is 5.41. The molecule has 0 atom stereocenters. The van der Waals surface area contributed by atoms with Gasteiger partial charge in [-0.3, -0.25) is 4.79 Å². The Bertz CT molecular complexity index is 560. The average molecular weight is 285 g/mol. The molecule has 0 radical (unpaired) electrons. The SMILES string of the molecule is Cc1cc(C#CCCO)cc(C(=O)N2CCC(C)CC2)c1. The van der Waals surface area contributed by atoms with Crippen molar-refractivity contribution in [1.82, 2.24) is 4.90 Å². The molecule has 2 rings (SSSR count). The van der Waals surface area contributed by atoms with Crippen molar-refractivity contribution < 1.29 is 9.90 Å². The van der Waals surface area contributed by atoms with Crippen LogP contribution in [0.4, 0.5) is 0 Å². The van der Waals surface area contributed by atoms with Crippen LogP contribution in [0.15, 0.2) is 18.2 Å². The number of likely N-dealkylation sites (tertiary alicyclic amines) is 1. The molecule has 1 saturated heterocycles. The van der Waals surface area contributed by atoms with Crippen molar-refractivity contribution in [2.24, 2.45) is 5.92 Å². The smallest absolute Gasteiger partial charge is 0.253 e. The van der Waals surface area contributed by atoms with E-state index in [1.165, 1.54) is 0 Å². The average Bonchev–Trinajstić information content (AvgIpc) is 2.47. The van der Waals surface area contributed by atoms with Gasteiger partial charge in [-0.15, -0.1) is 0 Å². The van der Waals surface area contributed by atoms with E-state index in [9.17, 15) is 4.79 Å². The first-order valence-electron chi connectivity index (χ1n) is 7.61. The molecule has 0 saturated carbocycles. The number of nitrogens with zero attached hydrogens (tertiary/aromatic N) is 1. The van der Waals surface area contributed by atoms with E-state index in [2.05, 4.69) is 18.8 Å². The fraction of sp³-hybridized carbons (Fsp3) is 0.500. The van der Waals surface area contributed by atoms with Crippen LogP contribution in [0, 0.1) is 24.7 Å². The second-order valence-electron chi connectivity index (χ2n) is 5.84. The zero-order valence-corrected chi connectivity index (χ0v) is 12.9. The molecular formula is C18H23NO2. The van der Waals surface area contributed by atoms with Crippen molar-refractivity contribution >= 4 is 5.91 Å². The summed E-state index contributed by atoms with van der Waals surface area (Å²) in [6.07, 6.45) is 2.63. The van der Waals surface area contributed by atoms with Gasteiger partial charge in [0.2, 0.25) is 0 Å². The number of carbonyl (C=O) groups is 1. The fourth-order valence-corrected chi connectivity index (χ4v) is 2.59. The van der Waals surface area contributed by atoms with Gasteiger partial charge in [0.05, 0.1) is 6.61 Å². The third kappa shape index (κ3) is 4.34. The van der Waals surface area contributed by atoms with Crippen LogP contribution in [0.25, 0.3) is 0 Å². The van der Waals surface area contributed by atoms with Crippen LogP contribution in [0.5, 0.6) is 0 Å². The van der Waals surface area contributed by atoms with Crippen molar-refractivity contribution in [3.05, 3.63) is 34.9 Å². The van der Waals surface area contributed by atoms with Gasteiger partial charge in [-0.05, 0) is 49.4 Å². The molecule has 0 bridgehead atoms. The minimum Gasteiger partial charge on any atom is -0.395 e. The molecule has 1 N–H and O–H groups in total. The van der Waals surface area contributed by atoms with E-state index in [-0.39, 0.29) is 12.5 Å². The van der Waals surface area contributed by atoms with Gasteiger partial charge >= 0.3 is 0 Å². The Morgan fingerprint density at radius 2 is 2.05 bits per heavy atom. The predicted molar refractivity (Wildman–Crippen MR) is 84.1 cm³/mol. The van der Waals surface area contributed by atoms with Gasteiger partial charge in [0.15, 0.2) is 0 Å². The lowest BCUT2D eigenvalue weighted by atomic mass is 9.98. The number of hydrogen-bond acceptors (Lipinski definition) is 2. The summed E-state index contributed by atoms with van der Waals surface area (Å²) in [5, 5.41) is 8.77. The normalized spacial score (nSPS) is 15.5. The van der Waals surface area contributed by atoms with E-state index in [1.54, 1.807) is 0 Å². The Balaban J connectivity index is 2.15. The zero-order chi connectivity index (χ0) is 15.2. The lowest BCUT2D eigenvalue weighted by Crippen LogP contribution is -2.37. The number of rotatable bonds is 2. The van der Waals surface area contributed by atoms with Crippen LogP contribution in [0.2, 0.25) is 0 Å². The van der Waals surface area contributed by atoms with Crippen LogP contribution in [-0.4, -0.2) is 35.6 Å². The summed E-state index contributed by atoms with van der Waals surface area (Å²) in [4.78, 5) is 14.5. The van der Waals surface area contributed by atoms with Gasteiger partial charge in [-0.25, -0.2) is 0 Å². The van der Waals surface area contributed by atoms with E-state index in [1.807, 2.05) is 30.0 Å². The Morgan fingerprint density at radius 1 is 1.33 bits per heavy atom. The van der Waals surface area contributed by atoms with Crippen molar-refractivity contribution in [2.45, 2.75) is 33.1 Å². The Hall–Kier alpha value is -1.79. The van der Waals surface area contributed by atoms with E-state index in [4.69, 9.17) is 5.11 Å². The number of hydrogen-bond donors (Lipinski definition) is 1.